The summed E-state index contributed by atoms with van der Waals surface area (Å²) < 4.78 is 46.0. The lowest BCUT2D eigenvalue weighted by molar-refractivity contribution is 0.0957. The van der Waals surface area contributed by atoms with Crippen molar-refractivity contribution in [3.8, 4) is 11.8 Å². The van der Waals surface area contributed by atoms with Crippen LogP contribution in [0.3, 0.4) is 0 Å². The Balaban J connectivity index is 1.41. The molecular weight excluding hydrogens is 511 g/mol. The second-order valence-electron chi connectivity index (χ2n) is 9.69. The van der Waals surface area contributed by atoms with Gasteiger partial charge < -0.3 is 25.3 Å². The second-order valence-corrected chi connectivity index (χ2v) is 10.9. The van der Waals surface area contributed by atoms with Crippen molar-refractivity contribution in [1.29, 1.82) is 0 Å². The van der Waals surface area contributed by atoms with E-state index in [0.29, 0.717) is 47.4 Å². The zero-order chi connectivity index (χ0) is 26.9. The number of alkyl halides is 3. The lowest BCUT2D eigenvalue weighted by Gasteiger charge is -2.33. The standard InChI is InChI=1S/C28H30F3N5OS/c1-32-26(37)18-5-7-20(8-6-18)33-14-3-4-19-16-25-24(34-23-12-15-35(2)17-22(23)29)10-9-21-11-13-28(30,31)38-27(19)36(21)25/h5-10,16,22-23,33-34H,11-15,17H2,1-2H3,(H,32,37)/t22-,23+/m1/s1. The van der Waals surface area contributed by atoms with E-state index in [2.05, 4.69) is 27.8 Å². The molecular formula is C28H30F3N5OS. The lowest BCUT2D eigenvalue weighted by atomic mass is 10.0. The number of likely N-dealkylation sites (tertiary alicyclic amines) is 1. The molecule has 1 fully saturated rings. The Morgan fingerprint density at radius 1 is 1.21 bits per heavy atom. The molecule has 2 aliphatic rings. The van der Waals surface area contributed by atoms with Crippen LogP contribution in [0.4, 0.5) is 24.5 Å². The number of aryl methyl sites for hydroxylation is 1. The molecule has 5 rings (SSSR count). The number of carbonyl (C=O) groups excluding carboxylic acids is 1. The predicted molar refractivity (Wildman–Crippen MR) is 146 cm³/mol. The number of thioether (sulfide) groups is 1. The minimum atomic E-state index is -2.92. The second kappa shape index (κ2) is 10.8. The fourth-order valence-corrected chi connectivity index (χ4v) is 5.89. The van der Waals surface area contributed by atoms with Gasteiger partial charge >= 0.3 is 0 Å². The highest BCUT2D eigenvalue weighted by Crippen LogP contribution is 2.45. The molecule has 38 heavy (non-hydrogen) atoms. The van der Waals surface area contributed by atoms with Crippen LogP contribution >= 0.6 is 11.8 Å². The van der Waals surface area contributed by atoms with Gasteiger partial charge in [0.05, 0.1) is 29.4 Å². The molecule has 0 radical (unpaired) electrons. The van der Waals surface area contributed by atoms with E-state index in [0.717, 1.165) is 29.1 Å². The summed E-state index contributed by atoms with van der Waals surface area (Å²) in [7, 11) is 3.48. The van der Waals surface area contributed by atoms with Gasteiger partial charge in [-0.1, -0.05) is 11.8 Å². The molecule has 0 saturated carbocycles. The normalized spacial score (nSPS) is 20.8. The molecule has 200 valence electrons. The average Bonchev–Trinajstić information content (AvgIpc) is 3.18. The number of rotatable bonds is 5. The number of hydrogen-bond acceptors (Lipinski definition) is 5. The molecule has 6 nitrogen and oxygen atoms in total. The van der Waals surface area contributed by atoms with E-state index in [1.807, 2.05) is 34.5 Å². The van der Waals surface area contributed by atoms with Gasteiger partial charge in [-0.15, -0.1) is 0 Å². The van der Waals surface area contributed by atoms with E-state index in [4.69, 9.17) is 0 Å². The highest BCUT2D eigenvalue weighted by molar-refractivity contribution is 8.00. The van der Waals surface area contributed by atoms with E-state index in [1.165, 1.54) is 0 Å². The number of halogens is 3. The molecule has 10 heteroatoms. The Hall–Kier alpha value is -3.29. The first-order valence-corrected chi connectivity index (χ1v) is 13.4. The highest BCUT2D eigenvalue weighted by atomic mass is 32.2. The SMILES string of the molecule is CNC(=O)c1ccc(NCC#Cc2cc3c(N[C@H]4CCN(C)C[C@H]4F)ccc4n3c2SC(F)(F)CC4)cc1. The van der Waals surface area contributed by atoms with Crippen LogP contribution in [-0.2, 0) is 6.42 Å². The maximum atomic E-state index is 14.8. The van der Waals surface area contributed by atoms with Crippen molar-refractivity contribution >= 4 is 34.6 Å². The van der Waals surface area contributed by atoms with Gasteiger partial charge in [0.2, 0.25) is 0 Å². The maximum absolute atomic E-state index is 14.8. The molecule has 3 N–H and O–H groups in total. The molecule has 0 spiro atoms. The highest BCUT2D eigenvalue weighted by Gasteiger charge is 2.36. The summed E-state index contributed by atoms with van der Waals surface area (Å²) in [6.45, 7) is 1.45. The third kappa shape index (κ3) is 5.59. The Morgan fingerprint density at radius 2 is 2.00 bits per heavy atom. The fraction of sp³-hybridized carbons (Fsp3) is 0.393. The zero-order valence-corrected chi connectivity index (χ0v) is 22.1. The Bertz CT molecular complexity index is 1400. The van der Waals surface area contributed by atoms with Gasteiger partial charge in [0.1, 0.15) is 11.2 Å². The van der Waals surface area contributed by atoms with Crippen LogP contribution in [0.15, 0.2) is 47.5 Å². The number of carbonyl (C=O) groups is 1. The van der Waals surface area contributed by atoms with Gasteiger partial charge in [0, 0.05) is 43.5 Å². The predicted octanol–water partition coefficient (Wildman–Crippen LogP) is 4.85. The largest absolute Gasteiger partial charge is 0.378 e. The maximum Gasteiger partial charge on any atom is 0.299 e. The number of aromatic nitrogens is 1. The summed E-state index contributed by atoms with van der Waals surface area (Å²) in [4.78, 5) is 13.7. The number of anilines is 2. The summed E-state index contributed by atoms with van der Waals surface area (Å²) in [6, 6.07) is 12.2. The van der Waals surface area contributed by atoms with Crippen molar-refractivity contribution in [2.45, 2.75) is 41.8 Å². The van der Waals surface area contributed by atoms with Crippen molar-refractivity contribution in [1.82, 2.24) is 14.6 Å². The molecule has 3 aromatic rings. The molecule has 2 aliphatic heterocycles. The van der Waals surface area contributed by atoms with Crippen molar-refractivity contribution in [2.24, 2.45) is 0 Å². The van der Waals surface area contributed by atoms with Gasteiger partial charge in [-0.3, -0.25) is 4.79 Å². The minimum Gasteiger partial charge on any atom is -0.378 e. The molecule has 0 aliphatic carbocycles. The summed E-state index contributed by atoms with van der Waals surface area (Å²) in [5, 5.41) is 6.59. The smallest absolute Gasteiger partial charge is 0.299 e. The van der Waals surface area contributed by atoms with Gasteiger partial charge in [-0.05, 0) is 74.1 Å². The van der Waals surface area contributed by atoms with E-state index in [1.54, 1.807) is 31.3 Å². The molecule has 1 aromatic carbocycles. The van der Waals surface area contributed by atoms with Gasteiger partial charge in [0.25, 0.3) is 11.2 Å². The molecule has 1 saturated heterocycles. The Kier molecular flexibility index (Phi) is 7.50. The number of piperidine rings is 1. The lowest BCUT2D eigenvalue weighted by Crippen LogP contribution is -2.46. The van der Waals surface area contributed by atoms with E-state index in [-0.39, 0.29) is 24.8 Å². The molecule has 2 atom stereocenters. The number of nitrogens with one attached hydrogen (secondary N) is 3. The monoisotopic (exact) mass is 541 g/mol. The third-order valence-corrected chi connectivity index (χ3v) is 8.04. The topological polar surface area (TPSA) is 60.8 Å². The average molecular weight is 542 g/mol. The molecule has 1 amide bonds. The number of hydrogen-bond donors (Lipinski definition) is 3. The fourth-order valence-electron chi connectivity index (χ4n) is 4.88. The Morgan fingerprint density at radius 3 is 2.74 bits per heavy atom. The van der Waals surface area contributed by atoms with Crippen LogP contribution in [0.2, 0.25) is 0 Å². The molecule has 0 unspecified atom stereocenters. The summed E-state index contributed by atoms with van der Waals surface area (Å²) in [5.41, 5.74) is 4.10. The van der Waals surface area contributed by atoms with E-state index in [9.17, 15) is 18.0 Å². The van der Waals surface area contributed by atoms with Gasteiger partial charge in [-0.2, -0.15) is 8.78 Å². The van der Waals surface area contributed by atoms with E-state index < -0.39 is 11.4 Å². The summed E-state index contributed by atoms with van der Waals surface area (Å²) >= 11 is 0.538. The first-order chi connectivity index (χ1) is 18.2. The van der Waals surface area contributed by atoms with Crippen LogP contribution in [-0.4, -0.2) is 66.4 Å². The zero-order valence-electron chi connectivity index (χ0n) is 21.3. The quantitative estimate of drug-likeness (QED) is 0.404. The third-order valence-electron chi connectivity index (χ3n) is 6.94. The number of nitrogens with zero attached hydrogens (tertiary/aromatic N) is 2. The van der Waals surface area contributed by atoms with Crippen LogP contribution in [0.5, 0.6) is 0 Å². The van der Waals surface area contributed by atoms with Gasteiger partial charge in [0.15, 0.2) is 0 Å². The minimum absolute atomic E-state index is 0.164. The molecule has 0 bridgehead atoms. The van der Waals surface area contributed by atoms with Crippen LogP contribution in [0.1, 0.15) is 34.5 Å². The molecule has 4 heterocycles. The molecule has 2 aromatic heterocycles. The first-order valence-electron chi connectivity index (χ1n) is 12.6. The van der Waals surface area contributed by atoms with Gasteiger partial charge in [-0.25, -0.2) is 4.39 Å². The van der Waals surface area contributed by atoms with Crippen LogP contribution in [0, 0.1) is 11.8 Å². The van der Waals surface area contributed by atoms with Crippen LogP contribution < -0.4 is 16.0 Å². The van der Waals surface area contributed by atoms with Crippen molar-refractivity contribution in [3.05, 3.63) is 59.3 Å². The first kappa shape index (κ1) is 26.3. The summed E-state index contributed by atoms with van der Waals surface area (Å²) in [5.74, 6) is 5.95. The van der Waals surface area contributed by atoms with E-state index >= 15 is 0 Å². The number of pyridine rings is 1. The number of benzene rings is 1. The Labute approximate surface area is 224 Å². The summed E-state index contributed by atoms with van der Waals surface area (Å²) in [6.07, 6.45) is -0.385. The number of amides is 1. The van der Waals surface area contributed by atoms with Crippen molar-refractivity contribution in [2.75, 3.05) is 44.4 Å². The van der Waals surface area contributed by atoms with Crippen LogP contribution in [0.25, 0.3) is 5.52 Å². The van der Waals surface area contributed by atoms with Crippen molar-refractivity contribution < 1.29 is 18.0 Å². The van der Waals surface area contributed by atoms with Crippen molar-refractivity contribution in [3.63, 3.8) is 0 Å².